The van der Waals surface area contributed by atoms with Gasteiger partial charge in [-0.1, -0.05) is 25.1 Å². The highest BCUT2D eigenvalue weighted by atomic mass is 16.1. The number of aromatic nitrogens is 1. The first kappa shape index (κ1) is 11.3. The Morgan fingerprint density at radius 2 is 1.94 bits per heavy atom. The Bertz CT molecular complexity index is 491. The van der Waals surface area contributed by atoms with Gasteiger partial charge < -0.3 is 5.32 Å². The number of nitrogens with one attached hydrogen (secondary N) is 1. The lowest BCUT2D eigenvalue weighted by atomic mass is 10.1. The minimum absolute atomic E-state index is 0.185. The van der Waals surface area contributed by atoms with Crippen LogP contribution in [0.3, 0.4) is 0 Å². The first-order chi connectivity index (χ1) is 8.29. The van der Waals surface area contributed by atoms with Crippen molar-refractivity contribution in [2.75, 3.05) is 5.32 Å². The number of hydrogen-bond donors (Lipinski definition) is 1. The lowest BCUT2D eigenvalue weighted by molar-refractivity contribution is 0.102. The number of aryl methyl sites for hydroxylation is 1. The summed E-state index contributed by atoms with van der Waals surface area (Å²) in [5.41, 5.74) is 2.46. The van der Waals surface area contributed by atoms with Crippen LogP contribution in [-0.4, -0.2) is 10.9 Å². The van der Waals surface area contributed by atoms with Crippen molar-refractivity contribution in [2.45, 2.75) is 13.3 Å². The minimum atomic E-state index is -0.185. The number of carbonyl (C=O) groups excluding carboxylic acids is 1. The molecule has 1 N–H and O–H groups in total. The van der Waals surface area contributed by atoms with Crippen molar-refractivity contribution in [3.05, 3.63) is 59.9 Å². The molecule has 3 heteroatoms. The van der Waals surface area contributed by atoms with Gasteiger partial charge in [-0.05, 0) is 36.2 Å². The van der Waals surface area contributed by atoms with E-state index in [0.29, 0.717) is 5.69 Å². The quantitative estimate of drug-likeness (QED) is 0.874. The lowest BCUT2D eigenvalue weighted by Gasteiger charge is -2.05. The summed E-state index contributed by atoms with van der Waals surface area (Å²) in [4.78, 5) is 15.8. The second-order valence-electron chi connectivity index (χ2n) is 3.72. The van der Waals surface area contributed by atoms with E-state index in [-0.39, 0.29) is 5.91 Å². The van der Waals surface area contributed by atoms with E-state index in [9.17, 15) is 4.79 Å². The van der Waals surface area contributed by atoms with E-state index in [0.717, 1.165) is 12.1 Å². The van der Waals surface area contributed by atoms with Gasteiger partial charge >= 0.3 is 0 Å². The number of anilines is 1. The zero-order valence-electron chi connectivity index (χ0n) is 9.68. The first-order valence-electron chi connectivity index (χ1n) is 5.61. The molecular formula is C14H14N2O. The van der Waals surface area contributed by atoms with Crippen LogP contribution in [0.4, 0.5) is 5.69 Å². The Morgan fingerprint density at radius 1 is 1.18 bits per heavy atom. The van der Waals surface area contributed by atoms with Crippen molar-refractivity contribution >= 4 is 11.6 Å². The summed E-state index contributed by atoms with van der Waals surface area (Å²) in [6.45, 7) is 2.10. The number of nitrogens with zero attached hydrogens (tertiary/aromatic N) is 1. The SMILES string of the molecule is CCc1ccc(NC(=O)c2ccccn2)cc1. The highest BCUT2D eigenvalue weighted by molar-refractivity contribution is 6.02. The van der Waals surface area contributed by atoms with Crippen LogP contribution in [0.25, 0.3) is 0 Å². The molecule has 0 radical (unpaired) electrons. The molecule has 0 aliphatic heterocycles. The number of benzene rings is 1. The standard InChI is InChI=1S/C14H14N2O/c1-2-11-6-8-12(9-7-11)16-14(17)13-5-3-4-10-15-13/h3-10H,2H2,1H3,(H,16,17). The summed E-state index contributed by atoms with van der Waals surface area (Å²) in [5, 5.41) is 2.81. The molecule has 2 rings (SSSR count). The average molecular weight is 226 g/mol. The van der Waals surface area contributed by atoms with Gasteiger partial charge in [0.15, 0.2) is 0 Å². The van der Waals surface area contributed by atoms with Crippen LogP contribution in [0.15, 0.2) is 48.7 Å². The molecule has 3 nitrogen and oxygen atoms in total. The second-order valence-corrected chi connectivity index (χ2v) is 3.72. The van der Waals surface area contributed by atoms with Gasteiger partial charge in [0.1, 0.15) is 5.69 Å². The highest BCUT2D eigenvalue weighted by Crippen LogP contribution is 2.10. The van der Waals surface area contributed by atoms with E-state index < -0.39 is 0 Å². The van der Waals surface area contributed by atoms with Crippen LogP contribution >= 0.6 is 0 Å². The number of pyridine rings is 1. The van der Waals surface area contributed by atoms with Gasteiger partial charge in [-0.15, -0.1) is 0 Å². The molecule has 1 aromatic heterocycles. The normalized spacial score (nSPS) is 9.94. The summed E-state index contributed by atoms with van der Waals surface area (Å²) in [5.74, 6) is -0.185. The van der Waals surface area contributed by atoms with E-state index in [1.807, 2.05) is 24.3 Å². The van der Waals surface area contributed by atoms with Crippen LogP contribution in [0, 0.1) is 0 Å². The average Bonchev–Trinajstić information content (AvgIpc) is 2.40. The van der Waals surface area contributed by atoms with Crippen molar-refractivity contribution in [3.63, 3.8) is 0 Å². The van der Waals surface area contributed by atoms with Gasteiger partial charge in [-0.2, -0.15) is 0 Å². The summed E-state index contributed by atoms with van der Waals surface area (Å²) in [7, 11) is 0. The number of hydrogen-bond acceptors (Lipinski definition) is 2. The number of amides is 1. The number of carbonyl (C=O) groups is 1. The third kappa shape index (κ3) is 2.91. The Labute approximate surface area is 101 Å². The van der Waals surface area contributed by atoms with Gasteiger partial charge in [0.05, 0.1) is 0 Å². The van der Waals surface area contributed by atoms with Crippen LogP contribution in [-0.2, 0) is 6.42 Å². The fourth-order valence-electron chi connectivity index (χ4n) is 1.52. The number of rotatable bonds is 3. The monoisotopic (exact) mass is 226 g/mol. The Kier molecular flexibility index (Phi) is 3.50. The van der Waals surface area contributed by atoms with Crippen molar-refractivity contribution in [3.8, 4) is 0 Å². The fraction of sp³-hybridized carbons (Fsp3) is 0.143. The molecule has 17 heavy (non-hydrogen) atoms. The molecule has 0 aliphatic rings. The topological polar surface area (TPSA) is 42.0 Å². The predicted octanol–water partition coefficient (Wildman–Crippen LogP) is 2.90. The molecule has 0 atom stereocenters. The highest BCUT2D eigenvalue weighted by Gasteiger charge is 2.05. The summed E-state index contributed by atoms with van der Waals surface area (Å²) in [6, 6.07) is 13.1. The minimum Gasteiger partial charge on any atom is -0.321 e. The maximum absolute atomic E-state index is 11.8. The molecule has 1 amide bonds. The Morgan fingerprint density at radius 3 is 2.53 bits per heavy atom. The van der Waals surface area contributed by atoms with E-state index in [1.165, 1.54) is 5.56 Å². The van der Waals surface area contributed by atoms with Crippen molar-refractivity contribution < 1.29 is 4.79 Å². The Hall–Kier alpha value is -2.16. The maximum atomic E-state index is 11.8. The summed E-state index contributed by atoms with van der Waals surface area (Å²) in [6.07, 6.45) is 2.60. The van der Waals surface area contributed by atoms with E-state index >= 15 is 0 Å². The van der Waals surface area contributed by atoms with E-state index in [1.54, 1.807) is 24.4 Å². The zero-order chi connectivity index (χ0) is 12.1. The second kappa shape index (κ2) is 5.25. The maximum Gasteiger partial charge on any atom is 0.274 e. The van der Waals surface area contributed by atoms with Crippen LogP contribution in [0.2, 0.25) is 0 Å². The fourth-order valence-corrected chi connectivity index (χ4v) is 1.52. The Balaban J connectivity index is 2.08. The third-order valence-electron chi connectivity index (χ3n) is 2.52. The van der Waals surface area contributed by atoms with E-state index in [4.69, 9.17) is 0 Å². The van der Waals surface area contributed by atoms with Crippen LogP contribution in [0.1, 0.15) is 23.0 Å². The summed E-state index contributed by atoms with van der Waals surface area (Å²) >= 11 is 0. The van der Waals surface area contributed by atoms with Gasteiger partial charge in [0.2, 0.25) is 0 Å². The molecule has 0 aliphatic carbocycles. The van der Waals surface area contributed by atoms with Crippen molar-refractivity contribution in [1.82, 2.24) is 4.98 Å². The van der Waals surface area contributed by atoms with E-state index in [2.05, 4.69) is 17.2 Å². The predicted molar refractivity (Wildman–Crippen MR) is 68.0 cm³/mol. The van der Waals surface area contributed by atoms with Gasteiger partial charge in [0, 0.05) is 11.9 Å². The van der Waals surface area contributed by atoms with Crippen molar-refractivity contribution in [2.24, 2.45) is 0 Å². The van der Waals surface area contributed by atoms with Gasteiger partial charge in [-0.3, -0.25) is 9.78 Å². The largest absolute Gasteiger partial charge is 0.321 e. The molecule has 0 saturated heterocycles. The zero-order valence-corrected chi connectivity index (χ0v) is 9.68. The van der Waals surface area contributed by atoms with Crippen LogP contribution < -0.4 is 5.32 Å². The molecule has 2 aromatic rings. The molecule has 86 valence electrons. The van der Waals surface area contributed by atoms with Gasteiger partial charge in [0.25, 0.3) is 5.91 Å². The van der Waals surface area contributed by atoms with Crippen LogP contribution in [0.5, 0.6) is 0 Å². The first-order valence-corrected chi connectivity index (χ1v) is 5.61. The third-order valence-corrected chi connectivity index (χ3v) is 2.52. The molecule has 1 heterocycles. The molecular weight excluding hydrogens is 212 g/mol. The molecule has 0 bridgehead atoms. The smallest absolute Gasteiger partial charge is 0.274 e. The molecule has 0 unspecified atom stereocenters. The van der Waals surface area contributed by atoms with Crippen molar-refractivity contribution in [1.29, 1.82) is 0 Å². The molecule has 1 aromatic carbocycles. The van der Waals surface area contributed by atoms with Gasteiger partial charge in [-0.25, -0.2) is 0 Å². The molecule has 0 spiro atoms. The molecule has 0 saturated carbocycles. The summed E-state index contributed by atoms with van der Waals surface area (Å²) < 4.78 is 0. The lowest BCUT2D eigenvalue weighted by Crippen LogP contribution is -2.13. The molecule has 0 fully saturated rings.